The number of likely N-dealkylation sites (tertiary alicyclic amines) is 1. The van der Waals surface area contributed by atoms with Crippen molar-refractivity contribution in [2.24, 2.45) is 5.41 Å². The number of hydrogen-bond donors (Lipinski definition) is 2. The van der Waals surface area contributed by atoms with Crippen molar-refractivity contribution in [3.05, 3.63) is 59.1 Å². The summed E-state index contributed by atoms with van der Waals surface area (Å²) in [5, 5.41) is 13.3. The van der Waals surface area contributed by atoms with Gasteiger partial charge in [0, 0.05) is 55.6 Å². The average Bonchev–Trinajstić information content (AvgIpc) is 3.43. The second kappa shape index (κ2) is 9.04. The number of hydrogen-bond acceptors (Lipinski definition) is 5. The molecule has 2 aromatic heterocycles. The Labute approximate surface area is 222 Å². The lowest BCUT2D eigenvalue weighted by atomic mass is 9.49. The van der Waals surface area contributed by atoms with Gasteiger partial charge in [0.05, 0.1) is 7.11 Å². The van der Waals surface area contributed by atoms with Gasteiger partial charge in [-0.1, -0.05) is 18.6 Å². The molecule has 7 rings (SSSR count). The van der Waals surface area contributed by atoms with Crippen LogP contribution in [0.5, 0.6) is 11.5 Å². The summed E-state index contributed by atoms with van der Waals surface area (Å²) in [6.07, 6.45) is 7.17. The van der Waals surface area contributed by atoms with Crippen molar-refractivity contribution in [1.82, 2.24) is 9.88 Å². The van der Waals surface area contributed by atoms with Crippen molar-refractivity contribution < 1.29 is 14.6 Å². The van der Waals surface area contributed by atoms with Crippen LogP contribution in [-0.2, 0) is 0 Å². The molecule has 2 aliphatic carbocycles. The van der Waals surface area contributed by atoms with Crippen molar-refractivity contribution in [3.63, 3.8) is 0 Å². The third-order valence-corrected chi connectivity index (χ3v) is 10.7. The van der Waals surface area contributed by atoms with E-state index in [2.05, 4.69) is 53.2 Å². The van der Waals surface area contributed by atoms with Gasteiger partial charge >= 0.3 is 0 Å². The molecular weight excluding hydrogens is 480 g/mol. The molecule has 1 saturated heterocycles. The van der Waals surface area contributed by atoms with Crippen LogP contribution in [0.3, 0.4) is 0 Å². The zero-order chi connectivity index (χ0) is 25.1. The first-order valence-corrected chi connectivity index (χ1v) is 14.6. The zero-order valence-electron chi connectivity index (χ0n) is 21.7. The maximum Gasteiger partial charge on any atom is 0.128 e. The summed E-state index contributed by atoms with van der Waals surface area (Å²) in [7, 11) is 1.77. The van der Waals surface area contributed by atoms with E-state index in [4.69, 9.17) is 9.47 Å². The molecule has 194 valence electrons. The van der Waals surface area contributed by atoms with E-state index >= 15 is 0 Å². The van der Waals surface area contributed by atoms with Crippen molar-refractivity contribution in [1.29, 1.82) is 0 Å². The summed E-state index contributed by atoms with van der Waals surface area (Å²) in [4.78, 5) is 7.51. The molecule has 3 heterocycles. The summed E-state index contributed by atoms with van der Waals surface area (Å²) < 4.78 is 13.1. The number of rotatable bonds is 7. The second-order valence-electron chi connectivity index (χ2n) is 11.5. The van der Waals surface area contributed by atoms with Gasteiger partial charge in [0.1, 0.15) is 24.2 Å². The maximum absolute atomic E-state index is 11.0. The number of ether oxygens (including phenoxy) is 2. The molecule has 2 saturated carbocycles. The number of nitrogens with zero attached hydrogens (tertiary/aromatic N) is 1. The fourth-order valence-electron chi connectivity index (χ4n) is 7.75. The zero-order valence-corrected chi connectivity index (χ0v) is 22.5. The fourth-order valence-corrected chi connectivity index (χ4v) is 8.96. The number of aromatic nitrogens is 1. The highest BCUT2D eigenvalue weighted by molar-refractivity contribution is 7.19. The van der Waals surface area contributed by atoms with E-state index in [0.29, 0.717) is 36.6 Å². The number of methoxy groups -OCH3 is 1. The number of aliphatic hydroxyl groups excluding tert-OH is 1. The highest BCUT2D eigenvalue weighted by Crippen LogP contribution is 2.65. The van der Waals surface area contributed by atoms with Gasteiger partial charge in [-0.3, -0.25) is 4.90 Å². The summed E-state index contributed by atoms with van der Waals surface area (Å²) in [5.41, 5.74) is 2.64. The average molecular weight is 517 g/mol. The number of thiophene rings is 1. The minimum atomic E-state index is -0.483. The van der Waals surface area contributed by atoms with Crippen molar-refractivity contribution >= 4 is 32.3 Å². The standard InChI is InChI=1S/C31H36N2O3S/c1-19-14-22-24(32-19)7-4-9-26(22)36-18-21(34)17-33-29-11-3-6-20(16-31(29)13-12-30(31)33)28-15-23-25(35-2)8-5-10-27(23)37-28/h4-5,7-10,14-15,20-21,29-30,32,34H,3,6,11-13,16-18H2,1-2H3. The predicted molar refractivity (Wildman–Crippen MR) is 150 cm³/mol. The molecule has 3 aliphatic rings. The van der Waals surface area contributed by atoms with Crippen LogP contribution in [0.25, 0.3) is 21.0 Å². The molecule has 0 amide bonds. The molecular formula is C31H36N2O3S. The number of piperidine rings is 1. The smallest absolute Gasteiger partial charge is 0.128 e. The van der Waals surface area contributed by atoms with E-state index in [1.54, 1.807) is 7.11 Å². The Kier molecular flexibility index (Phi) is 5.76. The van der Waals surface area contributed by atoms with Crippen LogP contribution in [-0.4, -0.2) is 53.4 Å². The molecule has 0 radical (unpaired) electrons. The molecule has 2 aromatic carbocycles. The number of β-amino-alcohol motifs (C(OH)–C–C–N with tert-alkyl or cyclic N) is 1. The molecule has 6 heteroatoms. The lowest BCUT2D eigenvalue weighted by molar-refractivity contribution is -0.218. The first-order chi connectivity index (χ1) is 18.1. The first kappa shape index (κ1) is 23.6. The molecule has 5 unspecified atom stereocenters. The van der Waals surface area contributed by atoms with Gasteiger partial charge in [0.15, 0.2) is 0 Å². The van der Waals surface area contributed by atoms with Gasteiger partial charge in [-0.15, -0.1) is 11.3 Å². The third kappa shape index (κ3) is 3.79. The number of aromatic amines is 1. The minimum absolute atomic E-state index is 0.332. The fraction of sp³-hybridized carbons (Fsp3) is 0.484. The lowest BCUT2D eigenvalue weighted by Crippen LogP contribution is -2.77. The Morgan fingerprint density at radius 1 is 1.08 bits per heavy atom. The lowest BCUT2D eigenvalue weighted by Gasteiger charge is -2.71. The molecule has 3 fully saturated rings. The number of nitrogens with one attached hydrogen (secondary N) is 1. The van der Waals surface area contributed by atoms with E-state index in [0.717, 1.165) is 28.1 Å². The highest BCUT2D eigenvalue weighted by Gasteiger charge is 2.65. The Morgan fingerprint density at radius 2 is 1.92 bits per heavy atom. The van der Waals surface area contributed by atoms with Crippen LogP contribution in [0.1, 0.15) is 55.0 Å². The van der Waals surface area contributed by atoms with Gasteiger partial charge in [-0.25, -0.2) is 0 Å². The second-order valence-corrected chi connectivity index (χ2v) is 12.6. The third-order valence-electron chi connectivity index (χ3n) is 9.44. The van der Waals surface area contributed by atoms with Crippen LogP contribution >= 0.6 is 11.3 Å². The van der Waals surface area contributed by atoms with Gasteiger partial charge < -0.3 is 19.6 Å². The van der Waals surface area contributed by atoms with Crippen LogP contribution in [0.2, 0.25) is 0 Å². The van der Waals surface area contributed by atoms with E-state index in [-0.39, 0.29) is 0 Å². The number of aryl methyl sites for hydroxylation is 1. The minimum Gasteiger partial charge on any atom is -0.496 e. The molecule has 2 N–H and O–H groups in total. The first-order valence-electron chi connectivity index (χ1n) is 13.8. The highest BCUT2D eigenvalue weighted by atomic mass is 32.1. The summed E-state index contributed by atoms with van der Waals surface area (Å²) in [6.45, 7) is 3.10. The van der Waals surface area contributed by atoms with Gasteiger partial charge in [-0.05, 0) is 81.3 Å². The largest absolute Gasteiger partial charge is 0.496 e. The summed E-state index contributed by atoms with van der Waals surface area (Å²) >= 11 is 1.96. The molecule has 1 aliphatic heterocycles. The Balaban J connectivity index is 1.03. The van der Waals surface area contributed by atoms with E-state index in [1.807, 2.05) is 23.5 Å². The molecule has 4 aromatic rings. The molecule has 5 atom stereocenters. The maximum atomic E-state index is 11.0. The quantitative estimate of drug-likeness (QED) is 0.289. The molecule has 5 nitrogen and oxygen atoms in total. The Morgan fingerprint density at radius 3 is 2.76 bits per heavy atom. The topological polar surface area (TPSA) is 57.7 Å². The van der Waals surface area contributed by atoms with E-state index in [1.165, 1.54) is 53.5 Å². The van der Waals surface area contributed by atoms with Crippen molar-refractivity contribution in [2.45, 2.75) is 69.6 Å². The van der Waals surface area contributed by atoms with Gasteiger partial charge in [0.2, 0.25) is 0 Å². The van der Waals surface area contributed by atoms with Crippen molar-refractivity contribution in [2.75, 3.05) is 20.3 Å². The monoisotopic (exact) mass is 516 g/mol. The predicted octanol–water partition coefficient (Wildman–Crippen LogP) is 6.63. The van der Waals surface area contributed by atoms with Crippen molar-refractivity contribution in [3.8, 4) is 11.5 Å². The number of fused-ring (bicyclic) bond motifs is 2. The Hall–Kier alpha value is -2.54. The number of H-pyrrole nitrogens is 1. The molecule has 37 heavy (non-hydrogen) atoms. The number of aliphatic hydroxyl groups is 1. The SMILES string of the molecule is COc1cccc2sc(C3CCCC4N(CC(O)COc5cccc6[nH]c(C)cc56)C5CCC45C3)cc12. The van der Waals surface area contributed by atoms with Crippen LogP contribution < -0.4 is 9.47 Å². The molecule has 0 bridgehead atoms. The summed E-state index contributed by atoms with van der Waals surface area (Å²) in [5.74, 6) is 2.47. The van der Waals surface area contributed by atoms with Crippen LogP contribution in [0, 0.1) is 12.3 Å². The van der Waals surface area contributed by atoms with Crippen LogP contribution in [0.4, 0.5) is 0 Å². The van der Waals surface area contributed by atoms with Gasteiger partial charge in [0.25, 0.3) is 0 Å². The van der Waals surface area contributed by atoms with E-state index in [9.17, 15) is 5.11 Å². The summed E-state index contributed by atoms with van der Waals surface area (Å²) in [6, 6.07) is 18.2. The van der Waals surface area contributed by atoms with E-state index < -0.39 is 6.10 Å². The molecule has 1 spiro atoms. The Bertz CT molecular complexity index is 1440. The normalized spacial score (nSPS) is 28.1. The van der Waals surface area contributed by atoms with Gasteiger partial charge in [-0.2, -0.15) is 0 Å². The van der Waals surface area contributed by atoms with Crippen LogP contribution in [0.15, 0.2) is 48.5 Å². The number of benzene rings is 2.